The van der Waals surface area contributed by atoms with E-state index in [9.17, 15) is 14.9 Å². The summed E-state index contributed by atoms with van der Waals surface area (Å²) in [6.07, 6.45) is 3.58. The average molecular weight is 477 g/mol. The van der Waals surface area contributed by atoms with Crippen LogP contribution in [0.15, 0.2) is 88.9 Å². The van der Waals surface area contributed by atoms with E-state index in [4.69, 9.17) is 4.74 Å². The molecule has 0 atom stereocenters. The second-order valence-corrected chi connectivity index (χ2v) is 7.66. The lowest BCUT2D eigenvalue weighted by atomic mass is 10.1. The van der Waals surface area contributed by atoms with Crippen molar-refractivity contribution in [3.05, 3.63) is 110 Å². The number of nitro benzene ring substituents is 1. The highest BCUT2D eigenvalue weighted by molar-refractivity contribution is 9.10. The molecule has 0 fully saturated rings. The van der Waals surface area contributed by atoms with E-state index in [1.807, 2.05) is 48.5 Å². The lowest BCUT2D eigenvalue weighted by Crippen LogP contribution is -2.25. The Hall–Kier alpha value is -3.71. The number of halogens is 1. The Labute approximate surface area is 187 Å². The molecule has 0 unspecified atom stereocenters. The fourth-order valence-electron chi connectivity index (χ4n) is 3.39. The molecule has 0 saturated carbocycles. The highest BCUT2D eigenvalue weighted by Gasteiger charge is 2.31. The number of rotatable bonds is 5. The molecule has 0 aliphatic carbocycles. The van der Waals surface area contributed by atoms with Crippen LogP contribution < -0.4 is 9.64 Å². The van der Waals surface area contributed by atoms with E-state index in [0.717, 1.165) is 15.6 Å². The minimum absolute atomic E-state index is 0.0748. The maximum atomic E-state index is 13.4. The van der Waals surface area contributed by atoms with Gasteiger partial charge in [-0.1, -0.05) is 42.5 Å². The quantitative estimate of drug-likeness (QED) is 0.263. The van der Waals surface area contributed by atoms with Crippen molar-refractivity contribution in [2.75, 3.05) is 12.0 Å². The SMILES string of the molecule is COc1ccc(/C=C2\C=C(c3ccccc3)N(c3cccc([N+](=O)[O-])c3)C2=O)cc1Br. The summed E-state index contributed by atoms with van der Waals surface area (Å²) in [5.41, 5.74) is 3.15. The first kappa shape index (κ1) is 20.6. The van der Waals surface area contributed by atoms with Crippen LogP contribution in [0.5, 0.6) is 5.75 Å². The Morgan fingerprint density at radius 2 is 1.81 bits per heavy atom. The van der Waals surface area contributed by atoms with Gasteiger partial charge in [0.05, 0.1) is 27.9 Å². The maximum Gasteiger partial charge on any atom is 0.271 e. The summed E-state index contributed by atoms with van der Waals surface area (Å²) in [7, 11) is 1.59. The van der Waals surface area contributed by atoms with Gasteiger partial charge in [0.15, 0.2) is 0 Å². The molecule has 7 heteroatoms. The molecule has 6 nitrogen and oxygen atoms in total. The van der Waals surface area contributed by atoms with Gasteiger partial charge in [-0.15, -0.1) is 0 Å². The van der Waals surface area contributed by atoms with Crippen molar-refractivity contribution < 1.29 is 14.5 Å². The van der Waals surface area contributed by atoms with Gasteiger partial charge in [0.2, 0.25) is 0 Å². The van der Waals surface area contributed by atoms with E-state index in [-0.39, 0.29) is 11.6 Å². The van der Waals surface area contributed by atoms with Crippen LogP contribution in [-0.2, 0) is 4.79 Å². The number of anilines is 1. The lowest BCUT2D eigenvalue weighted by Gasteiger charge is -2.20. The van der Waals surface area contributed by atoms with Gasteiger partial charge in [-0.05, 0) is 57.4 Å². The molecule has 154 valence electrons. The molecule has 1 aliphatic heterocycles. The third-order valence-electron chi connectivity index (χ3n) is 4.85. The zero-order valence-electron chi connectivity index (χ0n) is 16.5. The molecule has 3 aromatic carbocycles. The number of amides is 1. The van der Waals surface area contributed by atoms with Crippen LogP contribution in [0.25, 0.3) is 11.8 Å². The summed E-state index contributed by atoms with van der Waals surface area (Å²) in [6.45, 7) is 0. The van der Waals surface area contributed by atoms with Crippen LogP contribution in [0.2, 0.25) is 0 Å². The second-order valence-electron chi connectivity index (χ2n) is 6.81. The van der Waals surface area contributed by atoms with E-state index in [1.54, 1.807) is 31.4 Å². The lowest BCUT2D eigenvalue weighted by molar-refractivity contribution is -0.384. The summed E-state index contributed by atoms with van der Waals surface area (Å²) in [5, 5.41) is 11.3. The first-order chi connectivity index (χ1) is 15.0. The molecule has 0 aromatic heterocycles. The summed E-state index contributed by atoms with van der Waals surface area (Å²) in [6, 6.07) is 21.1. The molecule has 1 aliphatic rings. The number of methoxy groups -OCH3 is 1. The third-order valence-corrected chi connectivity index (χ3v) is 5.47. The van der Waals surface area contributed by atoms with Gasteiger partial charge in [-0.3, -0.25) is 19.8 Å². The van der Waals surface area contributed by atoms with E-state index < -0.39 is 4.92 Å². The van der Waals surface area contributed by atoms with Crippen molar-refractivity contribution in [1.82, 2.24) is 0 Å². The van der Waals surface area contributed by atoms with Gasteiger partial charge in [0.1, 0.15) is 5.75 Å². The molecule has 0 spiro atoms. The number of carbonyl (C=O) groups is 1. The maximum absolute atomic E-state index is 13.4. The Balaban J connectivity index is 1.81. The molecule has 0 radical (unpaired) electrons. The molecular weight excluding hydrogens is 460 g/mol. The molecule has 1 heterocycles. The summed E-state index contributed by atoms with van der Waals surface area (Å²) < 4.78 is 6.04. The van der Waals surface area contributed by atoms with E-state index in [2.05, 4.69) is 15.9 Å². The zero-order valence-corrected chi connectivity index (χ0v) is 18.1. The normalized spacial score (nSPS) is 14.6. The zero-order chi connectivity index (χ0) is 22.0. The van der Waals surface area contributed by atoms with Gasteiger partial charge in [-0.2, -0.15) is 0 Å². The molecular formula is C24H17BrN2O4. The summed E-state index contributed by atoms with van der Waals surface area (Å²) >= 11 is 3.46. The Bertz CT molecular complexity index is 1240. The van der Waals surface area contributed by atoms with Gasteiger partial charge in [0.25, 0.3) is 11.6 Å². The number of nitro groups is 1. The average Bonchev–Trinajstić information content (AvgIpc) is 3.10. The number of ether oxygens (including phenoxy) is 1. The highest BCUT2D eigenvalue weighted by Crippen LogP contribution is 2.37. The van der Waals surface area contributed by atoms with Crippen LogP contribution in [-0.4, -0.2) is 17.9 Å². The van der Waals surface area contributed by atoms with Gasteiger partial charge in [-0.25, -0.2) is 0 Å². The van der Waals surface area contributed by atoms with Crippen molar-refractivity contribution in [1.29, 1.82) is 0 Å². The van der Waals surface area contributed by atoms with Crippen LogP contribution in [0.4, 0.5) is 11.4 Å². The smallest absolute Gasteiger partial charge is 0.271 e. The van der Waals surface area contributed by atoms with Crippen molar-refractivity contribution in [2.45, 2.75) is 0 Å². The minimum Gasteiger partial charge on any atom is -0.496 e. The van der Waals surface area contributed by atoms with Crippen molar-refractivity contribution in [3.63, 3.8) is 0 Å². The summed E-state index contributed by atoms with van der Waals surface area (Å²) in [4.78, 5) is 25.7. The standard InChI is InChI=1S/C24H17BrN2O4/c1-31-23-11-10-16(13-21(23)25)12-18-14-22(17-6-3-2-4-7-17)26(24(18)28)19-8-5-9-20(15-19)27(29)30/h2-15H,1H3/b18-12+. The van der Waals surface area contributed by atoms with E-state index >= 15 is 0 Å². The largest absolute Gasteiger partial charge is 0.496 e. The number of carbonyl (C=O) groups excluding carboxylic acids is 1. The Morgan fingerprint density at radius 3 is 2.48 bits per heavy atom. The van der Waals surface area contributed by atoms with Gasteiger partial charge >= 0.3 is 0 Å². The van der Waals surface area contributed by atoms with Crippen molar-refractivity contribution in [2.24, 2.45) is 0 Å². The summed E-state index contributed by atoms with van der Waals surface area (Å²) in [5.74, 6) is 0.435. The van der Waals surface area contributed by atoms with Crippen LogP contribution in [0, 0.1) is 10.1 Å². The molecule has 1 amide bonds. The predicted octanol–water partition coefficient (Wildman–Crippen LogP) is 5.84. The number of hydrogen-bond acceptors (Lipinski definition) is 4. The first-order valence-corrected chi connectivity index (χ1v) is 10.2. The fourth-order valence-corrected chi connectivity index (χ4v) is 3.95. The number of nitrogens with zero attached hydrogens (tertiary/aromatic N) is 2. The number of benzene rings is 3. The predicted molar refractivity (Wildman–Crippen MR) is 124 cm³/mol. The molecule has 4 rings (SSSR count). The molecule has 0 saturated heterocycles. The molecule has 3 aromatic rings. The van der Waals surface area contributed by atoms with Crippen LogP contribution in [0.3, 0.4) is 0 Å². The van der Waals surface area contributed by atoms with Crippen LogP contribution in [0.1, 0.15) is 11.1 Å². The van der Waals surface area contributed by atoms with Crippen molar-refractivity contribution in [3.8, 4) is 5.75 Å². The number of hydrogen-bond donors (Lipinski definition) is 0. The second kappa shape index (κ2) is 8.57. The van der Waals surface area contributed by atoms with E-state index in [0.29, 0.717) is 22.7 Å². The highest BCUT2D eigenvalue weighted by atomic mass is 79.9. The molecule has 31 heavy (non-hydrogen) atoms. The van der Waals surface area contributed by atoms with E-state index in [1.165, 1.54) is 17.0 Å². The molecule has 0 bridgehead atoms. The third kappa shape index (κ3) is 4.13. The Morgan fingerprint density at radius 1 is 1.03 bits per heavy atom. The first-order valence-electron chi connectivity index (χ1n) is 9.39. The number of non-ortho nitro benzene ring substituents is 1. The van der Waals surface area contributed by atoms with Crippen molar-refractivity contribution >= 4 is 45.0 Å². The van der Waals surface area contributed by atoms with Gasteiger partial charge in [0, 0.05) is 17.7 Å². The Kier molecular flexibility index (Phi) is 5.68. The van der Waals surface area contributed by atoms with Gasteiger partial charge < -0.3 is 4.74 Å². The monoisotopic (exact) mass is 476 g/mol. The molecule has 0 N–H and O–H groups in total. The minimum atomic E-state index is -0.471. The van der Waals surface area contributed by atoms with Crippen LogP contribution >= 0.6 is 15.9 Å². The topological polar surface area (TPSA) is 72.7 Å². The fraction of sp³-hybridized carbons (Fsp3) is 0.0417.